The number of hydrogen-bond donors (Lipinski definition) is 0. The molecule has 0 aliphatic rings. The van der Waals surface area contributed by atoms with Gasteiger partial charge in [-0.25, -0.2) is 19.1 Å². The summed E-state index contributed by atoms with van der Waals surface area (Å²) in [5.41, 5.74) is 6.26. The van der Waals surface area contributed by atoms with Crippen molar-refractivity contribution in [1.29, 1.82) is 0 Å². The van der Waals surface area contributed by atoms with Gasteiger partial charge in [0.05, 0.1) is 48.8 Å². The number of hydrogen-bond acceptors (Lipinski definition) is 5. The van der Waals surface area contributed by atoms with Crippen LogP contribution in [0.15, 0.2) is 97.1 Å². The summed E-state index contributed by atoms with van der Waals surface area (Å²) >= 11 is 0. The summed E-state index contributed by atoms with van der Waals surface area (Å²) < 4.78 is 21.5. The van der Waals surface area contributed by atoms with Gasteiger partial charge in [-0.2, -0.15) is 0 Å². The molecule has 0 N–H and O–H groups in total. The number of para-hydroxylation sites is 4. The minimum atomic E-state index is 0. The van der Waals surface area contributed by atoms with E-state index in [2.05, 4.69) is 81.9 Å². The number of aromatic nitrogens is 4. The molecule has 210 valence electrons. The van der Waals surface area contributed by atoms with Crippen molar-refractivity contribution in [3.63, 3.8) is 0 Å². The Labute approximate surface area is 245 Å². The molecule has 0 spiro atoms. The molecular weight excluding hydrogens is 536 g/mol. The molecule has 3 heterocycles. The number of benzene rings is 3. The van der Waals surface area contributed by atoms with Crippen molar-refractivity contribution in [2.75, 3.05) is 33.5 Å². The molecule has 6 rings (SSSR count). The number of halogens is 1. The topological polar surface area (TPSA) is 62.3 Å². The highest BCUT2D eigenvalue weighted by Gasteiger charge is 2.26. The SMILES string of the molecule is COCCOCCOCc1n(Cc2ccc3ccccc3n2)c2ccccc2[n+]1Cc1ccc2ccccc2n1.[Cl-]. The van der Waals surface area contributed by atoms with Crippen LogP contribution in [0.2, 0.25) is 0 Å². The first-order valence-corrected chi connectivity index (χ1v) is 13.6. The lowest BCUT2D eigenvalue weighted by atomic mass is 10.2. The molecule has 6 aromatic rings. The molecule has 8 heteroatoms. The predicted octanol–water partition coefficient (Wildman–Crippen LogP) is 2.31. The summed E-state index contributed by atoms with van der Waals surface area (Å²) in [5, 5.41) is 2.27. The lowest BCUT2D eigenvalue weighted by Crippen LogP contribution is -3.00. The van der Waals surface area contributed by atoms with Gasteiger partial charge < -0.3 is 26.6 Å². The van der Waals surface area contributed by atoms with Crippen molar-refractivity contribution < 1.29 is 31.2 Å². The van der Waals surface area contributed by atoms with Crippen molar-refractivity contribution in [1.82, 2.24) is 14.5 Å². The number of nitrogens with zero attached hydrogens (tertiary/aromatic N) is 4. The van der Waals surface area contributed by atoms with Crippen LogP contribution in [0.25, 0.3) is 32.8 Å². The normalized spacial score (nSPS) is 11.3. The molecule has 0 saturated heterocycles. The van der Waals surface area contributed by atoms with E-state index in [1.807, 2.05) is 24.3 Å². The predicted molar refractivity (Wildman–Crippen MR) is 156 cm³/mol. The van der Waals surface area contributed by atoms with Gasteiger partial charge in [-0.15, -0.1) is 0 Å². The monoisotopic (exact) mass is 568 g/mol. The van der Waals surface area contributed by atoms with Crippen molar-refractivity contribution in [2.24, 2.45) is 0 Å². The van der Waals surface area contributed by atoms with Gasteiger partial charge in [0.25, 0.3) is 5.82 Å². The second-order valence-corrected chi connectivity index (χ2v) is 9.73. The van der Waals surface area contributed by atoms with Crippen molar-refractivity contribution in [2.45, 2.75) is 19.7 Å². The Morgan fingerprint density at radius 2 is 1.27 bits per heavy atom. The molecule has 0 fully saturated rings. The van der Waals surface area contributed by atoms with Gasteiger partial charge in [0.15, 0.2) is 11.0 Å². The van der Waals surface area contributed by atoms with Crippen molar-refractivity contribution in [3.05, 3.63) is 114 Å². The highest BCUT2D eigenvalue weighted by Crippen LogP contribution is 2.20. The molecule has 3 aromatic heterocycles. The Bertz CT molecular complexity index is 1640. The number of pyridine rings is 2. The Morgan fingerprint density at radius 3 is 2.02 bits per heavy atom. The Kier molecular flexibility index (Phi) is 9.54. The third-order valence-corrected chi connectivity index (χ3v) is 7.07. The first-order chi connectivity index (χ1) is 19.8. The van der Waals surface area contributed by atoms with Gasteiger partial charge in [-0.3, -0.25) is 0 Å². The first-order valence-electron chi connectivity index (χ1n) is 13.6. The molecule has 0 saturated carbocycles. The molecule has 0 aliphatic carbocycles. The van der Waals surface area contributed by atoms with Gasteiger partial charge in [0.1, 0.15) is 19.7 Å². The van der Waals surface area contributed by atoms with E-state index in [0.717, 1.165) is 50.1 Å². The summed E-state index contributed by atoms with van der Waals surface area (Å²) in [4.78, 5) is 9.94. The van der Waals surface area contributed by atoms with Crippen molar-refractivity contribution >= 4 is 32.8 Å². The maximum Gasteiger partial charge on any atom is 0.284 e. The van der Waals surface area contributed by atoms with Gasteiger partial charge in [-0.05, 0) is 36.4 Å². The standard InChI is InChI=1S/C33H33N4O3.ClH/c1-38-18-19-39-20-21-40-24-33-36(22-27-16-14-25-8-2-4-10-29(25)34-27)31-12-6-7-13-32(31)37(33)23-28-17-15-26-9-3-5-11-30(26)35-28;/h2-17H,18-24H2,1H3;1H/q+1;/p-1. The zero-order valence-corrected chi connectivity index (χ0v) is 23.8. The zero-order chi connectivity index (χ0) is 27.1. The van der Waals surface area contributed by atoms with E-state index < -0.39 is 0 Å². The van der Waals surface area contributed by atoms with Crippen LogP contribution in [0.1, 0.15) is 17.2 Å². The molecule has 3 aromatic carbocycles. The van der Waals surface area contributed by atoms with Crippen LogP contribution in [-0.2, 0) is 33.9 Å². The Balaban J connectivity index is 0.00000337. The van der Waals surface area contributed by atoms with Gasteiger partial charge >= 0.3 is 0 Å². The van der Waals surface area contributed by atoms with E-state index in [1.165, 1.54) is 0 Å². The third kappa shape index (κ3) is 6.55. The third-order valence-electron chi connectivity index (χ3n) is 7.07. The van der Waals surface area contributed by atoms with Crippen LogP contribution in [0, 0.1) is 0 Å². The number of imidazole rings is 1. The van der Waals surface area contributed by atoms with Crippen molar-refractivity contribution in [3.8, 4) is 0 Å². The number of rotatable bonds is 12. The number of fused-ring (bicyclic) bond motifs is 3. The van der Waals surface area contributed by atoms with E-state index in [1.54, 1.807) is 7.11 Å². The summed E-state index contributed by atoms with van der Waals surface area (Å²) in [5.74, 6) is 1.06. The lowest BCUT2D eigenvalue weighted by Gasteiger charge is -2.09. The number of ether oxygens (including phenoxy) is 3. The summed E-state index contributed by atoms with van der Waals surface area (Å²) in [6.07, 6.45) is 0. The molecule has 0 aliphatic heterocycles. The maximum atomic E-state index is 6.18. The smallest absolute Gasteiger partial charge is 0.284 e. The van der Waals surface area contributed by atoms with E-state index in [9.17, 15) is 0 Å². The minimum Gasteiger partial charge on any atom is -1.00 e. The highest BCUT2D eigenvalue weighted by molar-refractivity contribution is 5.79. The minimum absolute atomic E-state index is 0. The average Bonchev–Trinajstić information content (AvgIpc) is 3.28. The molecule has 7 nitrogen and oxygen atoms in total. The van der Waals surface area contributed by atoms with Crippen LogP contribution < -0.4 is 17.0 Å². The fourth-order valence-corrected chi connectivity index (χ4v) is 5.10. The van der Waals surface area contributed by atoms with Crippen LogP contribution in [0.5, 0.6) is 0 Å². The Morgan fingerprint density at radius 1 is 0.659 bits per heavy atom. The van der Waals surface area contributed by atoms with Crippen LogP contribution >= 0.6 is 0 Å². The average molecular weight is 569 g/mol. The largest absolute Gasteiger partial charge is 1.00 e. The zero-order valence-electron chi connectivity index (χ0n) is 23.1. The van der Waals surface area contributed by atoms with Crippen LogP contribution in [0.3, 0.4) is 0 Å². The van der Waals surface area contributed by atoms with Gasteiger partial charge in [0, 0.05) is 17.9 Å². The molecule has 0 unspecified atom stereocenters. The summed E-state index contributed by atoms with van der Waals surface area (Å²) in [6.45, 7) is 3.84. The molecule has 0 radical (unpaired) electrons. The van der Waals surface area contributed by atoms with Gasteiger partial charge in [-0.1, -0.05) is 60.7 Å². The van der Waals surface area contributed by atoms with E-state index in [4.69, 9.17) is 24.2 Å². The molecule has 0 atom stereocenters. The van der Waals surface area contributed by atoms with E-state index >= 15 is 0 Å². The van der Waals surface area contributed by atoms with E-state index in [-0.39, 0.29) is 12.4 Å². The second-order valence-electron chi connectivity index (χ2n) is 9.73. The van der Waals surface area contributed by atoms with Crippen LogP contribution in [-0.4, -0.2) is 48.1 Å². The summed E-state index contributed by atoms with van der Waals surface area (Å²) in [7, 11) is 1.67. The fraction of sp³-hybridized carbons (Fsp3) is 0.242. The molecule has 0 amide bonds. The highest BCUT2D eigenvalue weighted by atomic mass is 35.5. The van der Waals surface area contributed by atoms with E-state index in [0.29, 0.717) is 46.1 Å². The van der Waals surface area contributed by atoms with Crippen LogP contribution in [0.4, 0.5) is 0 Å². The maximum absolute atomic E-state index is 6.18. The quantitative estimate of drug-likeness (QED) is 0.167. The molecule has 0 bridgehead atoms. The second kappa shape index (κ2) is 13.7. The lowest BCUT2D eigenvalue weighted by molar-refractivity contribution is -0.673. The first kappa shape index (κ1) is 28.6. The van der Waals surface area contributed by atoms with Gasteiger partial charge in [0.2, 0.25) is 0 Å². The number of methoxy groups -OCH3 is 1. The molecular formula is C33H33ClN4O3. The summed E-state index contributed by atoms with van der Waals surface area (Å²) in [6, 6.07) is 33.5. The molecule has 41 heavy (non-hydrogen) atoms. The Hall–Kier alpha value is -3.88. The fourth-order valence-electron chi connectivity index (χ4n) is 5.10.